The Morgan fingerprint density at radius 1 is 1.38 bits per heavy atom. The number of alkyl halides is 2. The van der Waals surface area contributed by atoms with Gasteiger partial charge in [0.15, 0.2) is 0 Å². The van der Waals surface area contributed by atoms with Gasteiger partial charge in [0.25, 0.3) is 0 Å². The van der Waals surface area contributed by atoms with E-state index in [1.807, 2.05) is 0 Å². The van der Waals surface area contributed by atoms with Crippen molar-refractivity contribution in [2.24, 2.45) is 17.8 Å². The lowest BCUT2D eigenvalue weighted by Crippen LogP contribution is -2.58. The van der Waals surface area contributed by atoms with Gasteiger partial charge in [0, 0.05) is 19.5 Å². The van der Waals surface area contributed by atoms with Crippen molar-refractivity contribution in [3.63, 3.8) is 0 Å². The Hall–Kier alpha value is -0.180. The zero-order chi connectivity index (χ0) is 9.64. The molecule has 0 aromatic carbocycles. The summed E-state index contributed by atoms with van der Waals surface area (Å²) in [5.74, 6) is 1.30. The van der Waals surface area contributed by atoms with Crippen LogP contribution in [0.1, 0.15) is 26.7 Å². The summed E-state index contributed by atoms with van der Waals surface area (Å²) in [7, 11) is 0. The minimum absolute atomic E-state index is 0.0931. The second-order valence-electron chi connectivity index (χ2n) is 4.77. The zero-order valence-corrected chi connectivity index (χ0v) is 8.26. The maximum Gasteiger partial charge on any atom is 0.305 e. The van der Waals surface area contributed by atoms with Crippen molar-refractivity contribution in [3.8, 4) is 0 Å². The fraction of sp³-hybridized carbons (Fsp3) is 1.00. The number of halogens is 2. The Morgan fingerprint density at radius 3 is 2.46 bits per heavy atom. The van der Waals surface area contributed by atoms with Crippen LogP contribution in [0, 0.1) is 17.8 Å². The monoisotopic (exact) mass is 189 g/mol. The molecule has 3 heterocycles. The van der Waals surface area contributed by atoms with Gasteiger partial charge in [0.1, 0.15) is 0 Å². The van der Waals surface area contributed by atoms with Crippen LogP contribution in [0.4, 0.5) is 8.78 Å². The van der Waals surface area contributed by atoms with Crippen molar-refractivity contribution in [1.82, 2.24) is 4.90 Å². The maximum absolute atomic E-state index is 13.3. The summed E-state index contributed by atoms with van der Waals surface area (Å²) in [4.78, 5) is 1.37. The first-order chi connectivity index (χ1) is 6.00. The van der Waals surface area contributed by atoms with Gasteiger partial charge >= 0.3 is 6.05 Å². The van der Waals surface area contributed by atoms with Gasteiger partial charge < -0.3 is 0 Å². The van der Waals surface area contributed by atoms with Gasteiger partial charge in [-0.25, -0.2) is 4.90 Å². The Bertz CT molecular complexity index is 203. The lowest BCUT2D eigenvalue weighted by atomic mass is 9.73. The molecule has 0 saturated carbocycles. The normalized spacial score (nSPS) is 42.7. The molecule has 13 heavy (non-hydrogen) atoms. The molecule has 76 valence electrons. The van der Waals surface area contributed by atoms with Gasteiger partial charge in [-0.2, -0.15) is 8.78 Å². The molecule has 3 saturated heterocycles. The molecule has 3 fully saturated rings. The lowest BCUT2D eigenvalue weighted by molar-refractivity contribution is -0.224. The lowest BCUT2D eigenvalue weighted by Gasteiger charge is -2.50. The Morgan fingerprint density at radius 2 is 2.08 bits per heavy atom. The Balaban J connectivity index is 2.12. The summed E-state index contributed by atoms with van der Waals surface area (Å²) in [6.45, 7) is 5.49. The Labute approximate surface area is 78.1 Å². The van der Waals surface area contributed by atoms with E-state index in [4.69, 9.17) is 0 Å². The molecule has 0 aliphatic carbocycles. The molecule has 3 rings (SSSR count). The van der Waals surface area contributed by atoms with Gasteiger partial charge in [0.05, 0.1) is 0 Å². The molecule has 3 aliphatic rings. The number of nitrogens with zero attached hydrogens (tertiary/aromatic N) is 1. The van der Waals surface area contributed by atoms with Gasteiger partial charge in [-0.05, 0) is 24.2 Å². The number of piperidine rings is 3. The van der Waals surface area contributed by atoms with Crippen LogP contribution >= 0.6 is 0 Å². The van der Waals surface area contributed by atoms with Gasteiger partial charge in [-0.1, -0.05) is 13.8 Å². The summed E-state index contributed by atoms with van der Waals surface area (Å²) >= 11 is 0. The van der Waals surface area contributed by atoms with E-state index in [0.29, 0.717) is 24.9 Å². The second kappa shape index (κ2) is 2.91. The van der Waals surface area contributed by atoms with E-state index >= 15 is 0 Å². The first kappa shape index (κ1) is 9.38. The molecule has 0 amide bonds. The van der Waals surface area contributed by atoms with E-state index in [0.717, 1.165) is 6.42 Å². The molecule has 0 aromatic heterocycles. The second-order valence-corrected chi connectivity index (χ2v) is 4.77. The van der Waals surface area contributed by atoms with Crippen molar-refractivity contribution in [2.45, 2.75) is 32.7 Å². The molecule has 0 radical (unpaired) electrons. The molecule has 0 N–H and O–H groups in total. The highest BCUT2D eigenvalue weighted by molar-refractivity contribution is 4.93. The summed E-state index contributed by atoms with van der Waals surface area (Å²) in [6, 6.07) is -2.51. The van der Waals surface area contributed by atoms with Crippen LogP contribution in [-0.4, -0.2) is 24.0 Å². The molecule has 2 bridgehead atoms. The largest absolute Gasteiger partial charge is 0.305 e. The fourth-order valence-electron chi connectivity index (χ4n) is 2.78. The van der Waals surface area contributed by atoms with E-state index < -0.39 is 6.05 Å². The summed E-state index contributed by atoms with van der Waals surface area (Å²) in [6.07, 6.45) is 1.06. The Kier molecular flexibility index (Phi) is 2.10. The minimum atomic E-state index is -2.51. The highest BCUT2D eigenvalue weighted by atomic mass is 19.3. The summed E-state index contributed by atoms with van der Waals surface area (Å²) < 4.78 is 26.5. The number of rotatable bonds is 1. The molecular formula is C10H17F2N. The maximum atomic E-state index is 13.3. The van der Waals surface area contributed by atoms with Crippen LogP contribution in [0.3, 0.4) is 0 Å². The number of hydrogen-bond donors (Lipinski definition) is 0. The van der Waals surface area contributed by atoms with Crippen LogP contribution in [-0.2, 0) is 0 Å². The van der Waals surface area contributed by atoms with Crippen LogP contribution in [0.5, 0.6) is 0 Å². The quantitative estimate of drug-likeness (QED) is 0.573. The molecule has 0 spiro atoms. The average molecular weight is 189 g/mol. The van der Waals surface area contributed by atoms with Gasteiger partial charge in [0.2, 0.25) is 0 Å². The SMILES string of the molecule is CC(C)C1CN2CCC1CC2(F)F. The molecular weight excluding hydrogens is 172 g/mol. The first-order valence-corrected chi connectivity index (χ1v) is 5.13. The molecule has 1 nitrogen and oxygen atoms in total. The number of hydrogen-bond acceptors (Lipinski definition) is 1. The standard InChI is InChI=1S/C10H17F2N/c1-7(2)9-6-13-4-3-8(9)5-10(13,11)12/h7-9H,3-6H2,1-2H3. The van der Waals surface area contributed by atoms with Crippen molar-refractivity contribution in [1.29, 1.82) is 0 Å². The van der Waals surface area contributed by atoms with Crippen molar-refractivity contribution in [3.05, 3.63) is 0 Å². The predicted molar refractivity (Wildman–Crippen MR) is 47.6 cm³/mol. The molecule has 0 aromatic rings. The summed E-state index contributed by atoms with van der Waals surface area (Å²) in [5, 5.41) is 0. The van der Waals surface area contributed by atoms with E-state index in [1.54, 1.807) is 0 Å². The van der Waals surface area contributed by atoms with Crippen molar-refractivity contribution in [2.75, 3.05) is 13.1 Å². The van der Waals surface area contributed by atoms with Gasteiger partial charge in [-0.15, -0.1) is 0 Å². The predicted octanol–water partition coefficient (Wildman–Crippen LogP) is 2.58. The van der Waals surface area contributed by atoms with E-state index in [1.165, 1.54) is 4.90 Å². The first-order valence-electron chi connectivity index (χ1n) is 5.13. The topological polar surface area (TPSA) is 3.24 Å². The minimum Gasteiger partial charge on any atom is -0.244 e. The highest BCUT2D eigenvalue weighted by Crippen LogP contribution is 2.45. The van der Waals surface area contributed by atoms with Crippen LogP contribution in [0.25, 0.3) is 0 Å². The smallest absolute Gasteiger partial charge is 0.244 e. The van der Waals surface area contributed by atoms with Crippen LogP contribution in [0.15, 0.2) is 0 Å². The third-order valence-corrected chi connectivity index (χ3v) is 3.63. The van der Waals surface area contributed by atoms with E-state index in [9.17, 15) is 8.78 Å². The van der Waals surface area contributed by atoms with Crippen LogP contribution in [0.2, 0.25) is 0 Å². The zero-order valence-electron chi connectivity index (χ0n) is 8.26. The number of fused-ring (bicyclic) bond motifs is 3. The highest BCUT2D eigenvalue weighted by Gasteiger charge is 2.51. The third kappa shape index (κ3) is 1.47. The summed E-state index contributed by atoms with van der Waals surface area (Å²) in [5.41, 5.74) is 0. The van der Waals surface area contributed by atoms with Crippen LogP contribution < -0.4 is 0 Å². The average Bonchev–Trinajstić information content (AvgIpc) is 2.02. The molecule has 3 unspecified atom stereocenters. The fourth-order valence-corrected chi connectivity index (χ4v) is 2.78. The van der Waals surface area contributed by atoms with Crippen molar-refractivity contribution >= 4 is 0 Å². The molecule has 3 atom stereocenters. The molecule has 3 heteroatoms. The molecule has 3 aliphatic heterocycles. The van der Waals surface area contributed by atoms with Crippen molar-refractivity contribution < 1.29 is 8.78 Å². The van der Waals surface area contributed by atoms with E-state index in [-0.39, 0.29) is 12.3 Å². The van der Waals surface area contributed by atoms with Gasteiger partial charge in [-0.3, -0.25) is 0 Å². The third-order valence-electron chi connectivity index (χ3n) is 3.63. The van der Waals surface area contributed by atoms with E-state index in [2.05, 4.69) is 13.8 Å².